The average molecular weight is 191 g/mol. The smallest absolute Gasteiger partial charge is 0.242 e. The van der Waals surface area contributed by atoms with E-state index in [2.05, 4.69) is 10.3 Å². The zero-order valence-corrected chi connectivity index (χ0v) is 7.58. The summed E-state index contributed by atoms with van der Waals surface area (Å²) in [7, 11) is 1.52. The van der Waals surface area contributed by atoms with Crippen molar-refractivity contribution in [2.75, 3.05) is 7.11 Å². The first-order valence-electron chi connectivity index (χ1n) is 4.05. The molecule has 0 aromatic carbocycles. The minimum Gasteiger partial charge on any atom is -0.479 e. The number of pyridine rings is 1. The van der Waals surface area contributed by atoms with Gasteiger partial charge in [-0.2, -0.15) is 0 Å². The number of fused-ring (bicyclic) bond motifs is 1. The minimum absolute atomic E-state index is 0.439. The molecule has 0 unspecified atom stereocenters. The molecule has 0 aliphatic carbocycles. The average Bonchev–Trinajstić information content (AvgIpc) is 2.58. The fourth-order valence-corrected chi connectivity index (χ4v) is 1.33. The van der Waals surface area contributed by atoms with Gasteiger partial charge in [-0.15, -0.1) is 5.10 Å². The quantitative estimate of drug-likeness (QED) is 0.440. The van der Waals surface area contributed by atoms with E-state index in [1.807, 2.05) is 18.2 Å². The van der Waals surface area contributed by atoms with Crippen molar-refractivity contribution in [3.8, 4) is 5.88 Å². The zero-order valence-electron chi connectivity index (χ0n) is 7.58. The maximum atomic E-state index is 8.49. The Balaban J connectivity index is 2.74. The molecule has 2 aromatic heterocycles. The van der Waals surface area contributed by atoms with Gasteiger partial charge in [-0.05, 0) is 12.1 Å². The molecule has 0 radical (unpaired) electrons. The van der Waals surface area contributed by atoms with Gasteiger partial charge in [-0.3, -0.25) is 0 Å². The molecule has 5 heteroatoms. The summed E-state index contributed by atoms with van der Waals surface area (Å²) in [6.45, 7) is 0. The van der Waals surface area contributed by atoms with Crippen molar-refractivity contribution in [1.82, 2.24) is 9.61 Å². The van der Waals surface area contributed by atoms with E-state index in [0.29, 0.717) is 11.4 Å². The van der Waals surface area contributed by atoms with Crippen LogP contribution in [0.15, 0.2) is 29.6 Å². The molecule has 72 valence electrons. The summed E-state index contributed by atoms with van der Waals surface area (Å²) in [5.41, 5.74) is 1.50. The molecular weight excluding hydrogens is 182 g/mol. The van der Waals surface area contributed by atoms with E-state index in [0.717, 1.165) is 5.52 Å². The second-order valence-corrected chi connectivity index (χ2v) is 2.70. The molecule has 0 spiro atoms. The monoisotopic (exact) mass is 191 g/mol. The predicted octanol–water partition coefficient (Wildman–Crippen LogP) is 1.15. The zero-order chi connectivity index (χ0) is 9.97. The van der Waals surface area contributed by atoms with Gasteiger partial charge in [0.25, 0.3) is 0 Å². The van der Waals surface area contributed by atoms with Crippen LogP contribution in [0.3, 0.4) is 0 Å². The minimum atomic E-state index is 0.439. The van der Waals surface area contributed by atoms with E-state index in [1.54, 1.807) is 10.7 Å². The lowest BCUT2D eigenvalue weighted by Gasteiger charge is -1.92. The van der Waals surface area contributed by atoms with Gasteiger partial charge in [0.15, 0.2) is 0 Å². The summed E-state index contributed by atoms with van der Waals surface area (Å²) in [5.74, 6) is 0.439. The van der Waals surface area contributed by atoms with Gasteiger partial charge in [0.2, 0.25) is 5.88 Å². The normalized spacial score (nSPS) is 11.2. The Labute approximate surface area is 80.2 Å². The Morgan fingerprint density at radius 2 is 2.43 bits per heavy atom. The third-order valence-corrected chi connectivity index (χ3v) is 1.92. The highest BCUT2D eigenvalue weighted by Crippen LogP contribution is 2.19. The van der Waals surface area contributed by atoms with Crippen molar-refractivity contribution in [2.24, 2.45) is 5.16 Å². The van der Waals surface area contributed by atoms with E-state index in [4.69, 9.17) is 9.94 Å². The highest BCUT2D eigenvalue weighted by Gasteiger charge is 2.10. The van der Waals surface area contributed by atoms with Crippen molar-refractivity contribution < 1.29 is 9.94 Å². The Morgan fingerprint density at radius 3 is 3.14 bits per heavy atom. The van der Waals surface area contributed by atoms with Crippen LogP contribution in [0.25, 0.3) is 5.52 Å². The van der Waals surface area contributed by atoms with Gasteiger partial charge in [0, 0.05) is 6.20 Å². The molecule has 0 saturated carbocycles. The van der Waals surface area contributed by atoms with Crippen molar-refractivity contribution in [1.29, 1.82) is 0 Å². The molecule has 0 saturated heterocycles. The topological polar surface area (TPSA) is 59.1 Å². The molecule has 5 nitrogen and oxygen atoms in total. The second-order valence-electron chi connectivity index (χ2n) is 2.70. The van der Waals surface area contributed by atoms with Crippen LogP contribution >= 0.6 is 0 Å². The number of ether oxygens (including phenoxy) is 1. The molecule has 1 N–H and O–H groups in total. The lowest BCUT2D eigenvalue weighted by molar-refractivity contribution is 0.321. The second kappa shape index (κ2) is 3.37. The summed E-state index contributed by atoms with van der Waals surface area (Å²) in [6.07, 6.45) is 3.10. The summed E-state index contributed by atoms with van der Waals surface area (Å²) >= 11 is 0. The largest absolute Gasteiger partial charge is 0.479 e. The molecule has 2 heterocycles. The highest BCUT2D eigenvalue weighted by atomic mass is 16.5. The molecule has 0 fully saturated rings. The van der Waals surface area contributed by atoms with Crippen molar-refractivity contribution in [3.63, 3.8) is 0 Å². The number of rotatable bonds is 2. The van der Waals surface area contributed by atoms with E-state index < -0.39 is 0 Å². The SMILES string of the molecule is COc1nn2ccccc2c1C=NO. The van der Waals surface area contributed by atoms with E-state index >= 15 is 0 Å². The van der Waals surface area contributed by atoms with E-state index in [-0.39, 0.29) is 0 Å². The third kappa shape index (κ3) is 1.19. The number of hydrogen-bond acceptors (Lipinski definition) is 4. The molecule has 2 rings (SSSR count). The van der Waals surface area contributed by atoms with Crippen LogP contribution in [0.1, 0.15) is 5.56 Å². The Bertz CT molecular complexity index is 476. The van der Waals surface area contributed by atoms with Crippen molar-refractivity contribution in [3.05, 3.63) is 30.0 Å². The molecule has 14 heavy (non-hydrogen) atoms. The first-order chi connectivity index (χ1) is 6.86. The molecule has 0 amide bonds. The molecule has 0 bridgehead atoms. The molecule has 0 aliphatic heterocycles. The Hall–Kier alpha value is -2.04. The first kappa shape index (κ1) is 8.55. The van der Waals surface area contributed by atoms with Gasteiger partial charge >= 0.3 is 0 Å². The molecule has 0 atom stereocenters. The Kier molecular flexibility index (Phi) is 2.06. The van der Waals surface area contributed by atoms with Crippen LogP contribution in [0.5, 0.6) is 5.88 Å². The maximum Gasteiger partial charge on any atom is 0.242 e. The van der Waals surface area contributed by atoms with Crippen LogP contribution in [0.2, 0.25) is 0 Å². The third-order valence-electron chi connectivity index (χ3n) is 1.92. The lowest BCUT2D eigenvalue weighted by atomic mass is 10.3. The van der Waals surface area contributed by atoms with E-state index in [9.17, 15) is 0 Å². The van der Waals surface area contributed by atoms with Gasteiger partial charge in [0.1, 0.15) is 0 Å². The number of nitrogens with zero attached hydrogens (tertiary/aromatic N) is 3. The predicted molar refractivity (Wildman–Crippen MR) is 51.1 cm³/mol. The van der Waals surface area contributed by atoms with Gasteiger partial charge in [-0.1, -0.05) is 11.2 Å². The van der Waals surface area contributed by atoms with Crippen LogP contribution in [0, 0.1) is 0 Å². The van der Waals surface area contributed by atoms with Crippen LogP contribution in [-0.4, -0.2) is 28.1 Å². The van der Waals surface area contributed by atoms with Gasteiger partial charge in [-0.25, -0.2) is 4.52 Å². The maximum absolute atomic E-state index is 8.49. The summed E-state index contributed by atoms with van der Waals surface area (Å²) in [6, 6.07) is 5.61. The van der Waals surface area contributed by atoms with Crippen LogP contribution in [-0.2, 0) is 0 Å². The standard InChI is InChI=1S/C9H9N3O2/c1-14-9-7(6-10-13)8-4-2-3-5-12(8)11-9/h2-6,13H,1H3. The lowest BCUT2D eigenvalue weighted by Crippen LogP contribution is -1.87. The van der Waals surface area contributed by atoms with E-state index in [1.165, 1.54) is 13.3 Å². The summed E-state index contributed by atoms with van der Waals surface area (Å²) in [5, 5.41) is 15.6. The van der Waals surface area contributed by atoms with Crippen LogP contribution < -0.4 is 4.74 Å². The summed E-state index contributed by atoms with van der Waals surface area (Å²) in [4.78, 5) is 0. The first-order valence-corrected chi connectivity index (χ1v) is 4.05. The number of methoxy groups -OCH3 is 1. The number of hydrogen-bond donors (Lipinski definition) is 1. The Morgan fingerprint density at radius 1 is 1.57 bits per heavy atom. The fraction of sp³-hybridized carbons (Fsp3) is 0.111. The molecular formula is C9H9N3O2. The summed E-state index contributed by atoms with van der Waals surface area (Å²) < 4.78 is 6.71. The molecule has 2 aromatic rings. The van der Waals surface area contributed by atoms with Gasteiger partial charge in [0.05, 0.1) is 24.4 Å². The highest BCUT2D eigenvalue weighted by molar-refractivity contribution is 5.91. The van der Waals surface area contributed by atoms with Crippen LogP contribution in [0.4, 0.5) is 0 Å². The fourth-order valence-electron chi connectivity index (χ4n) is 1.33. The number of aromatic nitrogens is 2. The van der Waals surface area contributed by atoms with Gasteiger partial charge < -0.3 is 9.94 Å². The van der Waals surface area contributed by atoms with Crippen molar-refractivity contribution in [2.45, 2.75) is 0 Å². The number of oxime groups is 1. The molecule has 0 aliphatic rings. The van der Waals surface area contributed by atoms with Crippen molar-refractivity contribution >= 4 is 11.7 Å².